The van der Waals surface area contributed by atoms with E-state index in [-0.39, 0.29) is 24.6 Å². The number of nitrogens with one attached hydrogen (secondary N) is 2. The summed E-state index contributed by atoms with van der Waals surface area (Å²) in [5.74, 6) is -0.809. The lowest BCUT2D eigenvalue weighted by molar-refractivity contribution is -0.136. The Morgan fingerprint density at radius 1 is 1.45 bits per heavy atom. The van der Waals surface area contributed by atoms with Gasteiger partial charge in [-0.15, -0.1) is 0 Å². The van der Waals surface area contributed by atoms with E-state index in [9.17, 15) is 14.4 Å². The lowest BCUT2D eigenvalue weighted by Crippen LogP contribution is -2.50. The molecular weight excluding hydrogens is 262 g/mol. The molecule has 1 aliphatic rings. The standard InChI is InChI=1S/C13H23N3O4/c1-6-12(2,3)14-9(17)7-16-10(18)13(4,8-20-5)15-11(16)19/h6-8H2,1-5H3,(H,14,17)(H,15,19)/t13-/m1/s1. The van der Waals surface area contributed by atoms with Gasteiger partial charge in [-0.05, 0) is 27.2 Å². The molecule has 114 valence electrons. The largest absolute Gasteiger partial charge is 0.382 e. The van der Waals surface area contributed by atoms with Gasteiger partial charge < -0.3 is 15.4 Å². The number of hydrogen-bond donors (Lipinski definition) is 2. The molecule has 7 nitrogen and oxygen atoms in total. The van der Waals surface area contributed by atoms with Crippen LogP contribution in [0.1, 0.15) is 34.1 Å². The average molecular weight is 285 g/mol. The van der Waals surface area contributed by atoms with Crippen molar-refractivity contribution in [3.8, 4) is 0 Å². The van der Waals surface area contributed by atoms with Gasteiger partial charge in [-0.3, -0.25) is 14.5 Å². The predicted octanol–water partition coefficient (Wildman–Crippen LogP) is 0.248. The zero-order valence-corrected chi connectivity index (χ0v) is 12.7. The van der Waals surface area contributed by atoms with E-state index in [1.807, 2.05) is 20.8 Å². The maximum atomic E-state index is 12.2. The molecule has 2 N–H and O–H groups in total. The minimum atomic E-state index is -1.10. The molecule has 0 spiro atoms. The molecule has 1 atom stereocenters. The molecule has 0 radical (unpaired) electrons. The summed E-state index contributed by atoms with van der Waals surface area (Å²) in [5, 5.41) is 5.33. The van der Waals surface area contributed by atoms with E-state index in [1.54, 1.807) is 6.92 Å². The number of nitrogens with zero attached hydrogens (tertiary/aromatic N) is 1. The summed E-state index contributed by atoms with van der Waals surface area (Å²) in [5.41, 5.74) is -1.47. The minimum absolute atomic E-state index is 0.0656. The molecule has 1 aliphatic heterocycles. The van der Waals surface area contributed by atoms with Gasteiger partial charge in [-0.2, -0.15) is 0 Å². The Morgan fingerprint density at radius 2 is 2.05 bits per heavy atom. The molecule has 7 heteroatoms. The molecule has 0 aromatic rings. The lowest BCUT2D eigenvalue weighted by Gasteiger charge is -2.25. The maximum Gasteiger partial charge on any atom is 0.325 e. The van der Waals surface area contributed by atoms with Crippen LogP contribution in [-0.2, 0) is 14.3 Å². The number of urea groups is 1. The highest BCUT2D eigenvalue weighted by molar-refractivity contribution is 6.08. The Labute approximate surface area is 119 Å². The molecule has 20 heavy (non-hydrogen) atoms. The van der Waals surface area contributed by atoms with E-state index >= 15 is 0 Å². The predicted molar refractivity (Wildman–Crippen MR) is 73.0 cm³/mol. The zero-order chi connectivity index (χ0) is 15.6. The summed E-state index contributed by atoms with van der Waals surface area (Å²) in [6.45, 7) is 7.06. The van der Waals surface area contributed by atoms with Crippen LogP contribution in [0, 0.1) is 0 Å². The highest BCUT2D eigenvalue weighted by Gasteiger charge is 2.48. The van der Waals surface area contributed by atoms with Crippen LogP contribution in [0.2, 0.25) is 0 Å². The molecule has 1 rings (SSSR count). The number of carbonyl (C=O) groups excluding carboxylic acids is 3. The van der Waals surface area contributed by atoms with Crippen molar-refractivity contribution < 1.29 is 19.1 Å². The Balaban J connectivity index is 2.71. The van der Waals surface area contributed by atoms with E-state index < -0.39 is 17.5 Å². The van der Waals surface area contributed by atoms with Crippen LogP contribution in [0.4, 0.5) is 4.79 Å². The lowest BCUT2D eigenvalue weighted by atomic mass is 10.0. The van der Waals surface area contributed by atoms with Gasteiger partial charge in [-0.1, -0.05) is 6.92 Å². The summed E-state index contributed by atoms with van der Waals surface area (Å²) < 4.78 is 4.94. The first-order chi connectivity index (χ1) is 9.15. The van der Waals surface area contributed by atoms with Crippen molar-refractivity contribution in [3.05, 3.63) is 0 Å². The smallest absolute Gasteiger partial charge is 0.325 e. The first-order valence-electron chi connectivity index (χ1n) is 6.59. The maximum absolute atomic E-state index is 12.2. The molecule has 0 unspecified atom stereocenters. The summed E-state index contributed by atoms with van der Waals surface area (Å²) >= 11 is 0. The fourth-order valence-electron chi connectivity index (χ4n) is 1.93. The molecule has 0 aromatic carbocycles. The number of rotatable bonds is 6. The second-order valence-electron chi connectivity index (χ2n) is 5.87. The van der Waals surface area contributed by atoms with Gasteiger partial charge in [0.25, 0.3) is 5.91 Å². The number of ether oxygens (including phenoxy) is 1. The number of amides is 4. The van der Waals surface area contributed by atoms with Crippen molar-refractivity contribution in [3.63, 3.8) is 0 Å². The van der Waals surface area contributed by atoms with E-state index in [4.69, 9.17) is 4.74 Å². The number of hydrogen-bond acceptors (Lipinski definition) is 4. The van der Waals surface area contributed by atoms with Gasteiger partial charge >= 0.3 is 6.03 Å². The average Bonchev–Trinajstić information content (AvgIpc) is 2.53. The summed E-state index contributed by atoms with van der Waals surface area (Å²) in [7, 11) is 1.45. The third kappa shape index (κ3) is 3.47. The monoisotopic (exact) mass is 285 g/mol. The van der Waals surface area contributed by atoms with E-state index in [0.29, 0.717) is 0 Å². The first kappa shape index (κ1) is 16.4. The number of methoxy groups -OCH3 is 1. The van der Waals surface area contributed by atoms with Crippen LogP contribution in [0.3, 0.4) is 0 Å². The van der Waals surface area contributed by atoms with Crippen LogP contribution in [0.15, 0.2) is 0 Å². The highest BCUT2D eigenvalue weighted by atomic mass is 16.5. The molecule has 0 bridgehead atoms. The molecule has 0 aliphatic carbocycles. The normalized spacial score (nSPS) is 22.9. The van der Waals surface area contributed by atoms with Crippen molar-refractivity contribution in [1.29, 1.82) is 0 Å². The van der Waals surface area contributed by atoms with Gasteiger partial charge in [0, 0.05) is 12.6 Å². The van der Waals surface area contributed by atoms with Crippen molar-refractivity contribution in [2.75, 3.05) is 20.3 Å². The fourth-order valence-corrected chi connectivity index (χ4v) is 1.93. The summed E-state index contributed by atoms with van der Waals surface area (Å²) in [4.78, 5) is 36.8. The number of carbonyl (C=O) groups is 3. The van der Waals surface area contributed by atoms with E-state index in [2.05, 4.69) is 10.6 Å². The Kier molecular flexibility index (Phi) is 4.75. The van der Waals surface area contributed by atoms with Crippen molar-refractivity contribution in [2.24, 2.45) is 0 Å². The fraction of sp³-hybridized carbons (Fsp3) is 0.769. The third-order valence-electron chi connectivity index (χ3n) is 3.44. The van der Waals surface area contributed by atoms with Gasteiger partial charge in [0.1, 0.15) is 12.1 Å². The zero-order valence-electron chi connectivity index (χ0n) is 12.7. The van der Waals surface area contributed by atoms with Gasteiger partial charge in [0.05, 0.1) is 6.61 Å². The highest BCUT2D eigenvalue weighted by Crippen LogP contribution is 2.17. The molecule has 4 amide bonds. The Bertz CT molecular complexity index is 422. The van der Waals surface area contributed by atoms with Gasteiger partial charge in [0.2, 0.25) is 5.91 Å². The molecule has 1 fully saturated rings. The molecule has 0 aromatic heterocycles. The second kappa shape index (κ2) is 5.78. The Morgan fingerprint density at radius 3 is 2.55 bits per heavy atom. The quantitative estimate of drug-likeness (QED) is 0.685. The third-order valence-corrected chi connectivity index (χ3v) is 3.44. The SMILES string of the molecule is CCC(C)(C)NC(=O)CN1C(=O)N[C@](C)(COC)C1=O. The van der Waals surface area contributed by atoms with Crippen molar-refractivity contribution >= 4 is 17.8 Å². The molecule has 1 saturated heterocycles. The van der Waals surface area contributed by atoms with Crippen LogP contribution >= 0.6 is 0 Å². The number of imide groups is 1. The van der Waals surface area contributed by atoms with Crippen LogP contribution < -0.4 is 10.6 Å². The van der Waals surface area contributed by atoms with Crippen molar-refractivity contribution in [2.45, 2.75) is 45.2 Å². The van der Waals surface area contributed by atoms with Gasteiger partial charge in [-0.25, -0.2) is 4.79 Å². The summed E-state index contributed by atoms with van der Waals surface area (Å²) in [6.07, 6.45) is 0.750. The van der Waals surface area contributed by atoms with Crippen LogP contribution in [0.5, 0.6) is 0 Å². The topological polar surface area (TPSA) is 87.7 Å². The first-order valence-corrected chi connectivity index (χ1v) is 6.59. The minimum Gasteiger partial charge on any atom is -0.382 e. The van der Waals surface area contributed by atoms with Crippen LogP contribution in [-0.4, -0.2) is 54.1 Å². The van der Waals surface area contributed by atoms with E-state index in [1.165, 1.54) is 7.11 Å². The van der Waals surface area contributed by atoms with Gasteiger partial charge in [0.15, 0.2) is 0 Å². The van der Waals surface area contributed by atoms with Crippen LogP contribution in [0.25, 0.3) is 0 Å². The molecular formula is C13H23N3O4. The Hall–Kier alpha value is -1.63. The second-order valence-corrected chi connectivity index (χ2v) is 5.87. The van der Waals surface area contributed by atoms with Crippen molar-refractivity contribution in [1.82, 2.24) is 15.5 Å². The molecule has 0 saturated carbocycles. The van der Waals surface area contributed by atoms with E-state index in [0.717, 1.165) is 11.3 Å². The molecule has 1 heterocycles. The summed E-state index contributed by atoms with van der Waals surface area (Å²) in [6, 6.07) is -0.570.